The third kappa shape index (κ3) is 1.24. The molecule has 0 N–H and O–H groups in total. The Kier molecular flexibility index (Phi) is 2.47. The lowest BCUT2D eigenvalue weighted by atomic mass is 10.2. The number of ether oxygens (including phenoxy) is 2. The number of hydrogen-bond acceptors (Lipinski definition) is 3. The van der Waals surface area contributed by atoms with Crippen molar-refractivity contribution in [2.75, 3.05) is 20.3 Å². The fourth-order valence-corrected chi connectivity index (χ4v) is 2.30. The fraction of sp³-hybridized carbons (Fsp3) is 0.636. The molecule has 1 aliphatic heterocycles. The monoisotopic (exact) mass is 195 g/mol. The Morgan fingerprint density at radius 2 is 2.43 bits per heavy atom. The molecule has 3 heteroatoms. The molecule has 4 atom stereocenters. The first-order valence-corrected chi connectivity index (χ1v) is 5.04. The third-order valence-corrected chi connectivity index (χ3v) is 2.94. The molecule has 0 saturated carbocycles. The maximum absolute atomic E-state index is 5.69. The minimum absolute atomic E-state index is 0.352. The van der Waals surface area contributed by atoms with Crippen molar-refractivity contribution < 1.29 is 9.47 Å². The van der Waals surface area contributed by atoms with Crippen molar-refractivity contribution >= 4 is 0 Å². The molecule has 0 aromatic rings. The maximum Gasteiger partial charge on any atom is 0.205 e. The van der Waals surface area contributed by atoms with Crippen LogP contribution in [-0.4, -0.2) is 43.0 Å². The maximum atomic E-state index is 5.69. The van der Waals surface area contributed by atoms with Gasteiger partial charge >= 0.3 is 0 Å². The Balaban J connectivity index is 2.07. The highest BCUT2D eigenvalue weighted by molar-refractivity contribution is 5.31. The highest BCUT2D eigenvalue weighted by atomic mass is 16.7. The minimum Gasteiger partial charge on any atom is -0.348 e. The third-order valence-electron chi connectivity index (χ3n) is 2.94. The highest BCUT2D eigenvalue weighted by Gasteiger charge is 2.62. The molecule has 14 heavy (non-hydrogen) atoms. The van der Waals surface area contributed by atoms with Crippen molar-refractivity contribution in [2.45, 2.75) is 24.8 Å². The molecular weight excluding hydrogens is 178 g/mol. The van der Waals surface area contributed by atoms with E-state index in [-0.39, 0.29) is 0 Å². The zero-order chi connectivity index (χ0) is 10.2. The second-order valence-electron chi connectivity index (χ2n) is 3.64. The van der Waals surface area contributed by atoms with Crippen molar-refractivity contribution in [3.8, 4) is 0 Å². The van der Waals surface area contributed by atoms with E-state index in [1.165, 1.54) is 0 Å². The summed E-state index contributed by atoms with van der Waals surface area (Å²) >= 11 is 0. The first kappa shape index (κ1) is 9.90. The van der Waals surface area contributed by atoms with Crippen LogP contribution in [0.1, 0.15) is 6.92 Å². The fourth-order valence-electron chi connectivity index (χ4n) is 2.30. The van der Waals surface area contributed by atoms with Crippen LogP contribution in [-0.2, 0) is 9.47 Å². The van der Waals surface area contributed by atoms with Gasteiger partial charge in [-0.2, -0.15) is 0 Å². The van der Waals surface area contributed by atoms with E-state index in [0.717, 1.165) is 6.54 Å². The number of fused-ring (bicyclic) bond motifs is 1. The molecule has 1 heterocycles. The van der Waals surface area contributed by atoms with Crippen molar-refractivity contribution in [2.24, 2.45) is 0 Å². The van der Waals surface area contributed by atoms with E-state index in [9.17, 15) is 0 Å². The summed E-state index contributed by atoms with van der Waals surface area (Å²) in [5.41, 5.74) is 0. The summed E-state index contributed by atoms with van der Waals surface area (Å²) < 4.78 is 11.2. The van der Waals surface area contributed by atoms with Gasteiger partial charge in [0.2, 0.25) is 5.79 Å². The lowest BCUT2D eigenvalue weighted by molar-refractivity contribution is -0.188. The van der Waals surface area contributed by atoms with E-state index in [2.05, 4.69) is 17.6 Å². The van der Waals surface area contributed by atoms with Gasteiger partial charge in [-0.15, -0.1) is 6.58 Å². The normalized spacial score (nSPS) is 43.7. The molecular formula is C11H17NO2. The summed E-state index contributed by atoms with van der Waals surface area (Å²) in [4.78, 5) is 2.31. The van der Waals surface area contributed by atoms with E-state index >= 15 is 0 Å². The Labute approximate surface area is 85.0 Å². The smallest absolute Gasteiger partial charge is 0.205 e. The standard InChI is InChI=1S/C11H17NO2/c1-4-8-12-9-6-7-11(13-3,10(9)12)14-5-2/h4,6-7,9-10H,1,5,8H2,2-3H3/t9-,10-,11+,12?/m0/s1. The predicted octanol–water partition coefficient (Wildman–Crippen LogP) is 1.17. The van der Waals surface area contributed by atoms with Gasteiger partial charge in [0.1, 0.15) is 0 Å². The largest absolute Gasteiger partial charge is 0.348 e. The van der Waals surface area contributed by atoms with E-state index in [1.807, 2.05) is 19.1 Å². The topological polar surface area (TPSA) is 21.5 Å². The van der Waals surface area contributed by atoms with Crippen LogP contribution >= 0.6 is 0 Å². The minimum atomic E-state index is -0.511. The van der Waals surface area contributed by atoms with Crippen LogP contribution in [0.3, 0.4) is 0 Å². The Morgan fingerprint density at radius 1 is 1.64 bits per heavy atom. The molecule has 3 nitrogen and oxygen atoms in total. The summed E-state index contributed by atoms with van der Waals surface area (Å²) in [6.07, 6.45) is 6.11. The first-order valence-electron chi connectivity index (χ1n) is 5.04. The van der Waals surface area contributed by atoms with Gasteiger partial charge in [0.15, 0.2) is 0 Å². The molecule has 0 amide bonds. The summed E-state index contributed by atoms with van der Waals surface area (Å²) in [7, 11) is 1.70. The molecule has 1 unspecified atom stereocenters. The Morgan fingerprint density at radius 3 is 3.00 bits per heavy atom. The number of rotatable bonds is 5. The zero-order valence-corrected chi connectivity index (χ0v) is 8.77. The van der Waals surface area contributed by atoms with Crippen LogP contribution in [0.5, 0.6) is 0 Å². The summed E-state index contributed by atoms with van der Waals surface area (Å²) in [5, 5.41) is 0. The number of hydrogen-bond donors (Lipinski definition) is 0. The number of nitrogens with zero attached hydrogens (tertiary/aromatic N) is 1. The molecule has 0 bridgehead atoms. The van der Waals surface area contributed by atoms with Gasteiger partial charge in [0.25, 0.3) is 0 Å². The lowest BCUT2D eigenvalue weighted by Gasteiger charge is -2.27. The van der Waals surface area contributed by atoms with Gasteiger partial charge in [-0.05, 0) is 13.0 Å². The van der Waals surface area contributed by atoms with Crippen LogP contribution in [0.2, 0.25) is 0 Å². The van der Waals surface area contributed by atoms with Crippen molar-refractivity contribution in [1.29, 1.82) is 0 Å². The second-order valence-corrected chi connectivity index (χ2v) is 3.64. The molecule has 1 fully saturated rings. The van der Waals surface area contributed by atoms with Crippen LogP contribution in [0.15, 0.2) is 24.8 Å². The quantitative estimate of drug-likeness (QED) is 0.373. The van der Waals surface area contributed by atoms with E-state index in [0.29, 0.717) is 18.7 Å². The van der Waals surface area contributed by atoms with Gasteiger partial charge in [0.05, 0.1) is 12.1 Å². The summed E-state index contributed by atoms with van der Waals surface area (Å²) in [6.45, 7) is 7.30. The Hall–Kier alpha value is -0.640. The molecule has 0 spiro atoms. The summed E-state index contributed by atoms with van der Waals surface area (Å²) in [5.74, 6) is -0.511. The van der Waals surface area contributed by atoms with Crippen LogP contribution in [0.4, 0.5) is 0 Å². The van der Waals surface area contributed by atoms with Gasteiger partial charge in [-0.25, -0.2) is 0 Å². The van der Waals surface area contributed by atoms with Crippen LogP contribution in [0.25, 0.3) is 0 Å². The average molecular weight is 195 g/mol. The molecule has 1 saturated heterocycles. The average Bonchev–Trinajstić information content (AvgIpc) is 2.74. The lowest BCUT2D eigenvalue weighted by Crippen LogP contribution is -2.39. The highest BCUT2D eigenvalue weighted by Crippen LogP contribution is 2.46. The molecule has 0 aromatic carbocycles. The van der Waals surface area contributed by atoms with Crippen LogP contribution < -0.4 is 0 Å². The predicted molar refractivity (Wildman–Crippen MR) is 55.0 cm³/mol. The first-order chi connectivity index (χ1) is 6.79. The van der Waals surface area contributed by atoms with E-state index < -0.39 is 5.79 Å². The van der Waals surface area contributed by atoms with E-state index in [1.54, 1.807) is 7.11 Å². The Bertz CT molecular complexity index is 264. The van der Waals surface area contributed by atoms with Crippen molar-refractivity contribution in [3.05, 3.63) is 24.8 Å². The molecule has 2 rings (SSSR count). The molecule has 78 valence electrons. The molecule has 0 radical (unpaired) electrons. The van der Waals surface area contributed by atoms with Gasteiger partial charge in [0, 0.05) is 20.3 Å². The van der Waals surface area contributed by atoms with Gasteiger partial charge in [-0.3, -0.25) is 4.90 Å². The SMILES string of the molecule is C=CCN1[C@H]2[C@@H]1C=C[C@@]2(OC)OCC. The summed E-state index contributed by atoms with van der Waals surface area (Å²) in [6, 6.07) is 0.838. The van der Waals surface area contributed by atoms with Gasteiger partial charge in [-0.1, -0.05) is 12.2 Å². The van der Waals surface area contributed by atoms with Crippen LogP contribution in [0, 0.1) is 0 Å². The van der Waals surface area contributed by atoms with Crippen molar-refractivity contribution in [3.63, 3.8) is 0 Å². The molecule has 0 aromatic heterocycles. The second kappa shape index (κ2) is 3.50. The molecule has 2 aliphatic rings. The number of methoxy groups -OCH3 is 1. The van der Waals surface area contributed by atoms with E-state index in [4.69, 9.17) is 9.47 Å². The van der Waals surface area contributed by atoms with Crippen molar-refractivity contribution in [1.82, 2.24) is 4.90 Å². The van der Waals surface area contributed by atoms with Gasteiger partial charge < -0.3 is 9.47 Å². The molecule has 1 aliphatic carbocycles. The zero-order valence-electron chi connectivity index (χ0n) is 8.77.